The van der Waals surface area contributed by atoms with Crippen molar-refractivity contribution in [2.24, 2.45) is 0 Å². The van der Waals surface area contributed by atoms with E-state index in [1.165, 1.54) is 5.57 Å². The van der Waals surface area contributed by atoms with E-state index in [2.05, 4.69) is 29.9 Å². The number of rotatable bonds is 7. The number of nitrogens with zero attached hydrogens (tertiary/aromatic N) is 2. The van der Waals surface area contributed by atoms with Gasteiger partial charge in [-0.2, -0.15) is 5.26 Å². The highest BCUT2D eigenvalue weighted by Crippen LogP contribution is 2.35. The molecule has 6 heteroatoms. The zero-order chi connectivity index (χ0) is 25.4. The molecule has 1 saturated heterocycles. The molecule has 0 aliphatic carbocycles. The molecule has 3 rings (SSSR count). The van der Waals surface area contributed by atoms with Crippen molar-refractivity contribution in [2.75, 3.05) is 18.4 Å². The Labute approximate surface area is 213 Å². The fourth-order valence-corrected chi connectivity index (χ4v) is 4.40. The highest BCUT2D eigenvalue weighted by Gasteiger charge is 2.25. The van der Waals surface area contributed by atoms with Crippen molar-refractivity contribution in [3.05, 3.63) is 101 Å². The van der Waals surface area contributed by atoms with E-state index in [1.807, 2.05) is 55.3 Å². The number of likely N-dealkylation sites (tertiary alicyclic amines) is 1. The summed E-state index contributed by atoms with van der Waals surface area (Å²) in [4.78, 5) is 14.7. The van der Waals surface area contributed by atoms with E-state index in [0.29, 0.717) is 29.4 Å². The van der Waals surface area contributed by atoms with Gasteiger partial charge in [-0.15, -0.1) is 6.58 Å². The van der Waals surface area contributed by atoms with Crippen molar-refractivity contribution in [2.45, 2.75) is 32.7 Å². The molecule has 1 atom stereocenters. The highest BCUT2D eigenvalue weighted by molar-refractivity contribution is 6.30. The lowest BCUT2D eigenvalue weighted by molar-refractivity contribution is 0.207. The number of carbonyl (C=O) groups excluding carboxylic acids is 1. The molecule has 1 unspecified atom stereocenters. The molecule has 35 heavy (non-hydrogen) atoms. The minimum Gasteiger partial charge on any atom is -0.381 e. The summed E-state index contributed by atoms with van der Waals surface area (Å²) in [6.07, 6.45) is 7.27. The molecule has 0 spiro atoms. The molecular formula is C29H31ClN4O. The number of allylic oxidation sites excluding steroid dienone is 2. The molecule has 1 aliphatic rings. The number of piperidine rings is 1. The maximum Gasteiger partial charge on any atom is 0.321 e. The van der Waals surface area contributed by atoms with Gasteiger partial charge in [-0.1, -0.05) is 47.5 Å². The number of amides is 2. The summed E-state index contributed by atoms with van der Waals surface area (Å²) in [7, 11) is 0. The van der Waals surface area contributed by atoms with Crippen molar-refractivity contribution in [3.8, 4) is 6.07 Å². The van der Waals surface area contributed by atoms with E-state index in [-0.39, 0.29) is 12.1 Å². The van der Waals surface area contributed by atoms with Crippen LogP contribution < -0.4 is 10.6 Å². The van der Waals surface area contributed by atoms with E-state index in [9.17, 15) is 4.79 Å². The quantitative estimate of drug-likeness (QED) is 0.414. The van der Waals surface area contributed by atoms with Crippen LogP contribution in [0.1, 0.15) is 43.4 Å². The number of benzene rings is 2. The van der Waals surface area contributed by atoms with Crippen molar-refractivity contribution in [1.29, 1.82) is 5.26 Å². The monoisotopic (exact) mass is 486 g/mol. The zero-order valence-corrected chi connectivity index (χ0v) is 21.0. The third-order valence-corrected chi connectivity index (χ3v) is 6.26. The van der Waals surface area contributed by atoms with E-state index in [4.69, 9.17) is 16.9 Å². The first-order chi connectivity index (χ1) is 16.9. The Kier molecular flexibility index (Phi) is 8.94. The third kappa shape index (κ3) is 6.44. The van der Waals surface area contributed by atoms with E-state index >= 15 is 0 Å². The minimum atomic E-state index is -0.142. The van der Waals surface area contributed by atoms with Gasteiger partial charge in [-0.25, -0.2) is 4.79 Å². The van der Waals surface area contributed by atoms with Gasteiger partial charge < -0.3 is 15.5 Å². The lowest BCUT2D eigenvalue weighted by Gasteiger charge is -2.32. The Morgan fingerprint density at radius 1 is 1.17 bits per heavy atom. The maximum atomic E-state index is 12.9. The fraction of sp³-hybridized carbons (Fsp3) is 0.241. The summed E-state index contributed by atoms with van der Waals surface area (Å²) in [5.74, 6) is 0. The molecule has 2 aromatic carbocycles. The van der Waals surface area contributed by atoms with Gasteiger partial charge in [-0.3, -0.25) is 0 Å². The first-order valence-electron chi connectivity index (χ1n) is 11.6. The van der Waals surface area contributed by atoms with E-state index in [1.54, 1.807) is 24.3 Å². The van der Waals surface area contributed by atoms with Gasteiger partial charge >= 0.3 is 6.03 Å². The van der Waals surface area contributed by atoms with Crippen LogP contribution in [0.15, 0.2) is 79.5 Å². The zero-order valence-electron chi connectivity index (χ0n) is 20.3. The lowest BCUT2D eigenvalue weighted by atomic mass is 9.85. The molecule has 1 aliphatic heterocycles. The summed E-state index contributed by atoms with van der Waals surface area (Å²) in [6.45, 7) is 13.4. The van der Waals surface area contributed by atoms with Crippen LogP contribution in [0.3, 0.4) is 0 Å². The molecule has 0 radical (unpaired) electrons. The first kappa shape index (κ1) is 25.9. The highest BCUT2D eigenvalue weighted by atomic mass is 35.5. The fourth-order valence-electron chi connectivity index (χ4n) is 4.23. The second kappa shape index (κ2) is 12.1. The third-order valence-electron chi connectivity index (χ3n) is 6.02. The van der Waals surface area contributed by atoms with Crippen molar-refractivity contribution < 1.29 is 4.79 Å². The summed E-state index contributed by atoms with van der Waals surface area (Å²) in [5, 5.41) is 16.0. The Bertz CT molecular complexity index is 1190. The number of anilines is 1. The molecule has 0 bridgehead atoms. The van der Waals surface area contributed by atoms with Gasteiger partial charge in [-0.05, 0) is 86.0 Å². The topological polar surface area (TPSA) is 68.2 Å². The SMILES string of the molecule is C=CC(N/C=C\C)C(=C1CCN(C(=O)Nc2ccc(C#N)cc2)CC1)c1ccc(Cl)cc1C(=C)C. The number of urea groups is 1. The molecular weight excluding hydrogens is 456 g/mol. The standard InChI is InChI=1S/C29H31ClN4O/c1-5-15-32-27(6-2)28(25-12-9-23(30)18-26(25)20(3)4)22-13-16-34(17-14-22)29(35)33-24-10-7-21(19-31)8-11-24/h5-12,15,18,27,32H,2-3,13-14,16-17H2,1,4H3,(H,33,35)/b15-5-. The Balaban J connectivity index is 1.88. The van der Waals surface area contributed by atoms with E-state index < -0.39 is 0 Å². The number of nitrogens with one attached hydrogen (secondary N) is 2. The van der Waals surface area contributed by atoms with Crippen LogP contribution in [0.4, 0.5) is 10.5 Å². The Morgan fingerprint density at radius 2 is 1.86 bits per heavy atom. The summed E-state index contributed by atoms with van der Waals surface area (Å²) >= 11 is 6.31. The van der Waals surface area contributed by atoms with Gasteiger partial charge in [0.25, 0.3) is 0 Å². The largest absolute Gasteiger partial charge is 0.381 e. The number of nitriles is 1. The molecule has 2 N–H and O–H groups in total. The molecule has 1 heterocycles. The van der Waals surface area contributed by atoms with Crippen molar-refractivity contribution in [3.63, 3.8) is 0 Å². The van der Waals surface area contributed by atoms with Crippen LogP contribution in [0.25, 0.3) is 11.1 Å². The van der Waals surface area contributed by atoms with Gasteiger partial charge in [0.15, 0.2) is 0 Å². The van der Waals surface area contributed by atoms with Gasteiger partial charge in [0.1, 0.15) is 0 Å². The van der Waals surface area contributed by atoms with Crippen LogP contribution in [-0.2, 0) is 0 Å². The number of hydrogen-bond donors (Lipinski definition) is 2. The predicted molar refractivity (Wildman–Crippen MR) is 146 cm³/mol. The normalized spacial score (nSPS) is 14.2. The lowest BCUT2D eigenvalue weighted by Crippen LogP contribution is -2.40. The summed E-state index contributed by atoms with van der Waals surface area (Å²) < 4.78 is 0. The van der Waals surface area contributed by atoms with Crippen LogP contribution in [0.5, 0.6) is 0 Å². The molecule has 2 aromatic rings. The second-order valence-electron chi connectivity index (χ2n) is 8.47. The Morgan fingerprint density at radius 3 is 2.43 bits per heavy atom. The van der Waals surface area contributed by atoms with Crippen molar-refractivity contribution in [1.82, 2.24) is 10.2 Å². The van der Waals surface area contributed by atoms with Crippen LogP contribution in [0.2, 0.25) is 5.02 Å². The van der Waals surface area contributed by atoms with Gasteiger partial charge in [0.2, 0.25) is 0 Å². The number of carbonyl (C=O) groups is 1. The van der Waals surface area contributed by atoms with Gasteiger partial charge in [0, 0.05) is 23.8 Å². The molecule has 180 valence electrons. The molecule has 5 nitrogen and oxygen atoms in total. The molecule has 2 amide bonds. The molecule has 1 fully saturated rings. The maximum absolute atomic E-state index is 12.9. The molecule has 0 aromatic heterocycles. The molecule has 0 saturated carbocycles. The van der Waals surface area contributed by atoms with Gasteiger partial charge in [0.05, 0.1) is 17.7 Å². The smallest absolute Gasteiger partial charge is 0.321 e. The average molecular weight is 487 g/mol. The second-order valence-corrected chi connectivity index (χ2v) is 8.91. The number of halogens is 1. The minimum absolute atomic E-state index is 0.0977. The average Bonchev–Trinajstić information content (AvgIpc) is 2.87. The van der Waals surface area contributed by atoms with Crippen LogP contribution in [0, 0.1) is 11.3 Å². The summed E-state index contributed by atoms with van der Waals surface area (Å²) in [5.41, 5.74) is 6.69. The van der Waals surface area contributed by atoms with E-state index in [0.717, 1.165) is 35.1 Å². The first-order valence-corrected chi connectivity index (χ1v) is 12.0. The summed E-state index contributed by atoms with van der Waals surface area (Å²) in [6, 6.07) is 14.6. The number of hydrogen-bond acceptors (Lipinski definition) is 3. The van der Waals surface area contributed by atoms with Crippen LogP contribution >= 0.6 is 11.6 Å². The Hall–Kier alpha value is -3.75. The predicted octanol–water partition coefficient (Wildman–Crippen LogP) is 7.00. The van der Waals surface area contributed by atoms with Crippen molar-refractivity contribution >= 4 is 34.5 Å². The van der Waals surface area contributed by atoms with Crippen LogP contribution in [-0.4, -0.2) is 30.1 Å².